The number of hydrogen-bond acceptors (Lipinski definition) is 1. The van der Waals surface area contributed by atoms with Gasteiger partial charge in [-0.05, 0) is 48.9 Å². The number of anilines is 1. The summed E-state index contributed by atoms with van der Waals surface area (Å²) in [5.74, 6) is 0. The second-order valence-electron chi connectivity index (χ2n) is 5.95. The molecule has 1 nitrogen and oxygen atoms in total. The fraction of sp³-hybridized carbons (Fsp3) is 0.600. The van der Waals surface area contributed by atoms with E-state index in [4.69, 9.17) is 0 Å². The molecule has 0 bridgehead atoms. The van der Waals surface area contributed by atoms with Gasteiger partial charge in [0.1, 0.15) is 0 Å². The molecule has 0 spiro atoms. The van der Waals surface area contributed by atoms with Crippen molar-refractivity contribution in [2.75, 3.05) is 5.32 Å². The first-order valence-electron chi connectivity index (χ1n) is 6.51. The summed E-state index contributed by atoms with van der Waals surface area (Å²) in [5.41, 5.74) is 2.96. The number of hydrogen-bond donors (Lipinski definition) is 1. The van der Waals surface area contributed by atoms with E-state index in [1.807, 2.05) is 0 Å². The van der Waals surface area contributed by atoms with Gasteiger partial charge >= 0.3 is 0 Å². The van der Waals surface area contributed by atoms with Gasteiger partial charge in [-0.2, -0.15) is 0 Å². The molecule has 1 saturated carbocycles. The van der Waals surface area contributed by atoms with Crippen molar-refractivity contribution in [3.05, 3.63) is 28.2 Å². The van der Waals surface area contributed by atoms with Crippen molar-refractivity contribution >= 4 is 21.6 Å². The molecule has 1 aliphatic rings. The largest absolute Gasteiger partial charge is 0.382 e. The van der Waals surface area contributed by atoms with Crippen LogP contribution in [0.15, 0.2) is 22.7 Å². The van der Waals surface area contributed by atoms with E-state index in [-0.39, 0.29) is 0 Å². The van der Waals surface area contributed by atoms with Crippen LogP contribution in [0, 0.1) is 12.3 Å². The fourth-order valence-corrected chi connectivity index (χ4v) is 3.39. The normalized spacial score (nSPS) is 23.4. The van der Waals surface area contributed by atoms with Crippen LogP contribution in [0.5, 0.6) is 0 Å². The van der Waals surface area contributed by atoms with Crippen molar-refractivity contribution in [1.82, 2.24) is 0 Å². The van der Waals surface area contributed by atoms with Crippen LogP contribution >= 0.6 is 15.9 Å². The zero-order valence-electron chi connectivity index (χ0n) is 11.0. The lowest BCUT2D eigenvalue weighted by atomic mass is 9.73. The van der Waals surface area contributed by atoms with Crippen molar-refractivity contribution in [3.8, 4) is 0 Å². The first-order valence-corrected chi connectivity index (χ1v) is 7.30. The molecule has 1 atom stereocenters. The Morgan fingerprint density at radius 3 is 2.65 bits per heavy atom. The van der Waals surface area contributed by atoms with E-state index in [1.165, 1.54) is 36.9 Å². The maximum atomic E-state index is 3.72. The molecular formula is C15H22BrN. The molecule has 0 amide bonds. The summed E-state index contributed by atoms with van der Waals surface area (Å²) in [7, 11) is 0. The molecule has 94 valence electrons. The summed E-state index contributed by atoms with van der Waals surface area (Å²) in [6.07, 6.45) is 5.35. The average Bonchev–Trinajstić information content (AvgIpc) is 2.19. The number of benzene rings is 1. The van der Waals surface area contributed by atoms with E-state index >= 15 is 0 Å². The molecule has 0 radical (unpaired) electrons. The zero-order chi connectivity index (χ0) is 12.5. The van der Waals surface area contributed by atoms with E-state index in [0.29, 0.717) is 11.5 Å². The van der Waals surface area contributed by atoms with Crippen molar-refractivity contribution in [3.63, 3.8) is 0 Å². The molecule has 0 heterocycles. The van der Waals surface area contributed by atoms with Crippen LogP contribution in [0.4, 0.5) is 5.69 Å². The van der Waals surface area contributed by atoms with E-state index < -0.39 is 0 Å². The molecule has 0 aromatic heterocycles. The standard InChI is InChI=1S/C15H22BrN/c1-11-8-12(16)10-13(9-11)17-14-6-4-5-7-15(14,2)3/h8-10,14,17H,4-7H2,1-3H3. The lowest BCUT2D eigenvalue weighted by Crippen LogP contribution is -2.38. The van der Waals surface area contributed by atoms with E-state index in [1.54, 1.807) is 0 Å². The van der Waals surface area contributed by atoms with Gasteiger partial charge in [0.05, 0.1) is 0 Å². The smallest absolute Gasteiger partial charge is 0.0356 e. The van der Waals surface area contributed by atoms with Crippen molar-refractivity contribution in [2.24, 2.45) is 5.41 Å². The highest BCUT2D eigenvalue weighted by Crippen LogP contribution is 2.37. The monoisotopic (exact) mass is 295 g/mol. The maximum Gasteiger partial charge on any atom is 0.0356 e. The van der Waals surface area contributed by atoms with Gasteiger partial charge < -0.3 is 5.32 Å². The van der Waals surface area contributed by atoms with Gasteiger partial charge in [0.15, 0.2) is 0 Å². The van der Waals surface area contributed by atoms with Crippen LogP contribution in [0.1, 0.15) is 45.1 Å². The molecule has 17 heavy (non-hydrogen) atoms. The lowest BCUT2D eigenvalue weighted by molar-refractivity contribution is 0.217. The summed E-state index contributed by atoms with van der Waals surface area (Å²) in [4.78, 5) is 0. The summed E-state index contributed by atoms with van der Waals surface area (Å²) >= 11 is 3.57. The van der Waals surface area contributed by atoms with E-state index in [2.05, 4.69) is 60.2 Å². The molecule has 2 rings (SSSR count). The molecule has 1 unspecified atom stereocenters. The zero-order valence-corrected chi connectivity index (χ0v) is 12.6. The number of rotatable bonds is 2. The van der Waals surface area contributed by atoms with Crippen molar-refractivity contribution < 1.29 is 0 Å². The minimum atomic E-state index is 0.411. The third-order valence-corrected chi connectivity index (χ3v) is 4.35. The van der Waals surface area contributed by atoms with Gasteiger partial charge in [-0.1, -0.05) is 42.6 Å². The van der Waals surface area contributed by atoms with Crippen LogP contribution in [-0.2, 0) is 0 Å². The Kier molecular flexibility index (Phi) is 3.82. The molecular weight excluding hydrogens is 274 g/mol. The molecule has 1 N–H and O–H groups in total. The van der Waals surface area contributed by atoms with Gasteiger partial charge in [-0.15, -0.1) is 0 Å². The van der Waals surface area contributed by atoms with Crippen LogP contribution in [0.25, 0.3) is 0 Å². The molecule has 0 saturated heterocycles. The van der Waals surface area contributed by atoms with Gasteiger partial charge in [-0.3, -0.25) is 0 Å². The molecule has 1 fully saturated rings. The van der Waals surface area contributed by atoms with Crippen LogP contribution < -0.4 is 5.32 Å². The highest BCUT2D eigenvalue weighted by atomic mass is 79.9. The summed E-state index contributed by atoms with van der Waals surface area (Å²) < 4.78 is 1.16. The van der Waals surface area contributed by atoms with Crippen LogP contribution in [0.3, 0.4) is 0 Å². The fourth-order valence-electron chi connectivity index (χ4n) is 2.78. The van der Waals surface area contributed by atoms with Gasteiger partial charge in [0.2, 0.25) is 0 Å². The molecule has 1 aromatic rings. The maximum absolute atomic E-state index is 3.72. The molecule has 1 aromatic carbocycles. The Balaban J connectivity index is 2.14. The van der Waals surface area contributed by atoms with Gasteiger partial charge in [0, 0.05) is 16.2 Å². The van der Waals surface area contributed by atoms with Crippen molar-refractivity contribution in [1.29, 1.82) is 0 Å². The number of halogens is 1. The quantitative estimate of drug-likeness (QED) is 0.797. The van der Waals surface area contributed by atoms with Gasteiger partial charge in [-0.25, -0.2) is 0 Å². The SMILES string of the molecule is Cc1cc(Br)cc(NC2CCCCC2(C)C)c1. The Bertz CT molecular complexity index is 378. The predicted octanol–water partition coefficient (Wildman–Crippen LogP) is 5.14. The summed E-state index contributed by atoms with van der Waals surface area (Å²) in [6.45, 7) is 6.91. The summed E-state index contributed by atoms with van der Waals surface area (Å²) in [6, 6.07) is 7.16. The topological polar surface area (TPSA) is 12.0 Å². The average molecular weight is 296 g/mol. The van der Waals surface area contributed by atoms with Crippen LogP contribution in [-0.4, -0.2) is 6.04 Å². The highest BCUT2D eigenvalue weighted by Gasteiger charge is 2.31. The highest BCUT2D eigenvalue weighted by molar-refractivity contribution is 9.10. The Morgan fingerprint density at radius 1 is 1.24 bits per heavy atom. The molecule has 2 heteroatoms. The number of nitrogens with one attached hydrogen (secondary N) is 1. The Hall–Kier alpha value is -0.500. The predicted molar refractivity (Wildman–Crippen MR) is 78.5 cm³/mol. The van der Waals surface area contributed by atoms with Crippen LogP contribution in [0.2, 0.25) is 0 Å². The second-order valence-corrected chi connectivity index (χ2v) is 6.86. The molecule has 1 aliphatic carbocycles. The van der Waals surface area contributed by atoms with E-state index in [9.17, 15) is 0 Å². The Morgan fingerprint density at radius 2 is 2.00 bits per heavy atom. The third-order valence-electron chi connectivity index (χ3n) is 3.89. The first kappa shape index (κ1) is 12.9. The molecule has 0 aliphatic heterocycles. The van der Waals surface area contributed by atoms with Gasteiger partial charge in [0.25, 0.3) is 0 Å². The van der Waals surface area contributed by atoms with E-state index in [0.717, 1.165) is 4.47 Å². The lowest BCUT2D eigenvalue weighted by Gasteiger charge is -2.39. The first-order chi connectivity index (χ1) is 7.97. The van der Waals surface area contributed by atoms with Crippen molar-refractivity contribution in [2.45, 2.75) is 52.5 Å². The second kappa shape index (κ2) is 5.01. The number of aryl methyl sites for hydroxylation is 1. The summed E-state index contributed by atoms with van der Waals surface area (Å²) in [5, 5.41) is 3.72. The third kappa shape index (κ3) is 3.25. The minimum absolute atomic E-state index is 0.411. The Labute approximate surface area is 113 Å². The minimum Gasteiger partial charge on any atom is -0.382 e.